The van der Waals surface area contributed by atoms with Gasteiger partial charge in [-0.05, 0) is 31.6 Å². The minimum Gasteiger partial charge on any atom is -0.367 e. The predicted octanol–water partition coefficient (Wildman–Crippen LogP) is 3.36. The summed E-state index contributed by atoms with van der Waals surface area (Å²) in [5.74, 6) is 1.75. The lowest BCUT2D eigenvalue weighted by molar-refractivity contribution is -0.0637. The summed E-state index contributed by atoms with van der Waals surface area (Å²) in [7, 11) is 2.06. The van der Waals surface area contributed by atoms with Crippen molar-refractivity contribution < 1.29 is 19.3 Å². The van der Waals surface area contributed by atoms with Crippen LogP contribution in [-0.2, 0) is 9.26 Å². The van der Waals surface area contributed by atoms with Crippen molar-refractivity contribution >= 4 is 25.5 Å². The second kappa shape index (κ2) is 8.85. The molecule has 1 aliphatic carbocycles. The van der Waals surface area contributed by atoms with Gasteiger partial charge < -0.3 is 14.7 Å². The first-order chi connectivity index (χ1) is 11.8. The molecule has 8 heteroatoms. The smallest absolute Gasteiger partial charge is 0.367 e. The minimum absolute atomic E-state index is 0.0561. The highest BCUT2D eigenvalue weighted by Gasteiger charge is 2.54. The Labute approximate surface area is 156 Å². The van der Waals surface area contributed by atoms with Gasteiger partial charge in [0.05, 0.1) is 12.5 Å². The van der Waals surface area contributed by atoms with Crippen LogP contribution in [0.2, 0.25) is 0 Å². The van der Waals surface area contributed by atoms with Gasteiger partial charge in [0.15, 0.2) is 12.1 Å². The zero-order chi connectivity index (χ0) is 18.8. The average Bonchev–Trinajstić information content (AvgIpc) is 2.90. The molecule has 2 N–H and O–H groups in total. The van der Waals surface area contributed by atoms with Crippen LogP contribution < -0.4 is 0 Å². The molecular weight excluding hydrogens is 359 g/mol. The van der Waals surface area contributed by atoms with E-state index >= 15 is 0 Å². The van der Waals surface area contributed by atoms with E-state index in [0.29, 0.717) is 17.7 Å². The first-order valence-electron chi connectivity index (χ1n) is 9.13. The first kappa shape index (κ1) is 21.4. The third-order valence-corrected chi connectivity index (χ3v) is 9.89. The lowest BCUT2D eigenvalue weighted by Crippen LogP contribution is -2.37. The van der Waals surface area contributed by atoms with Crippen LogP contribution in [0, 0.1) is 11.8 Å². The molecule has 146 valence electrons. The van der Waals surface area contributed by atoms with E-state index in [1.165, 1.54) is 7.11 Å². The molecule has 2 fully saturated rings. The Balaban J connectivity index is 2.34. The van der Waals surface area contributed by atoms with Gasteiger partial charge in [0.2, 0.25) is 0 Å². The monoisotopic (exact) mass is 393 g/mol. The Bertz CT molecular complexity index is 484. The second-order valence-corrected chi connectivity index (χ2v) is 11.1. The number of aliphatic hydroxyl groups excluding tert-OH is 1. The summed E-state index contributed by atoms with van der Waals surface area (Å²) < 4.78 is 15.6. The quantitative estimate of drug-likeness (QED) is 0.532. The maximum absolute atomic E-state index is 11.4. The summed E-state index contributed by atoms with van der Waals surface area (Å²) in [6.07, 6.45) is 3.10. The van der Waals surface area contributed by atoms with E-state index < -0.39 is 14.2 Å². The van der Waals surface area contributed by atoms with E-state index in [1.807, 2.05) is 7.05 Å². The molecule has 25 heavy (non-hydrogen) atoms. The van der Waals surface area contributed by atoms with Crippen LogP contribution in [0.5, 0.6) is 0 Å². The molecule has 7 atom stereocenters. The summed E-state index contributed by atoms with van der Waals surface area (Å²) in [6, 6.07) is 0. The Hall–Kier alpha value is 0.0900. The first-order valence-corrected chi connectivity index (χ1v) is 11.8. The van der Waals surface area contributed by atoms with Crippen molar-refractivity contribution in [2.24, 2.45) is 16.6 Å². The molecule has 0 amide bonds. The molecule has 1 saturated heterocycles. The Morgan fingerprint density at radius 3 is 2.56 bits per heavy atom. The standard InChI is InChI=1S/C17H34N2O4PS/c1-7-14-19(4)16(15(25-14)17(20)22-5)18-24(21,23-6)13-9-8-11(2)10-12(13)3/h11-15,17,20-21H,7-10H2,1-6H3/q+1. The highest BCUT2D eigenvalue weighted by molar-refractivity contribution is 8.01. The molecular formula is C17H34N2O4PS+. The molecule has 2 rings (SSSR count). The number of hydrogen-bond donors (Lipinski definition) is 2. The van der Waals surface area contributed by atoms with Crippen LogP contribution in [0.15, 0.2) is 4.76 Å². The van der Waals surface area contributed by atoms with Gasteiger partial charge in [0, 0.05) is 20.1 Å². The maximum atomic E-state index is 11.4. The fourth-order valence-corrected chi connectivity index (χ4v) is 7.85. The number of rotatable bonds is 6. The van der Waals surface area contributed by atoms with E-state index in [1.54, 1.807) is 18.9 Å². The van der Waals surface area contributed by atoms with Crippen LogP contribution in [-0.4, -0.2) is 64.6 Å². The van der Waals surface area contributed by atoms with E-state index in [0.717, 1.165) is 25.7 Å². The largest absolute Gasteiger partial charge is 0.396 e. The highest BCUT2D eigenvalue weighted by atomic mass is 32.2. The molecule has 1 aliphatic heterocycles. The van der Waals surface area contributed by atoms with Crippen molar-refractivity contribution in [1.82, 2.24) is 4.90 Å². The van der Waals surface area contributed by atoms with Gasteiger partial charge in [-0.1, -0.05) is 25.5 Å². The number of ether oxygens (including phenoxy) is 1. The molecule has 2 aliphatic rings. The van der Waals surface area contributed by atoms with Crippen LogP contribution in [0.4, 0.5) is 0 Å². The molecule has 0 radical (unpaired) electrons. The van der Waals surface area contributed by atoms with Gasteiger partial charge >= 0.3 is 7.87 Å². The Morgan fingerprint density at radius 2 is 2.04 bits per heavy atom. The van der Waals surface area contributed by atoms with Gasteiger partial charge in [0.1, 0.15) is 10.9 Å². The fraction of sp³-hybridized carbons (Fsp3) is 0.941. The molecule has 7 unspecified atom stereocenters. The summed E-state index contributed by atoms with van der Waals surface area (Å²) in [5.41, 5.74) is 0.0561. The average molecular weight is 394 g/mol. The fourth-order valence-electron chi connectivity index (χ4n) is 4.03. The van der Waals surface area contributed by atoms with Crippen molar-refractivity contribution in [3.63, 3.8) is 0 Å². The number of hydrogen-bond acceptors (Lipinski definition) is 6. The van der Waals surface area contributed by atoms with Crippen LogP contribution in [0.25, 0.3) is 0 Å². The van der Waals surface area contributed by atoms with E-state index in [2.05, 4.69) is 25.7 Å². The highest BCUT2D eigenvalue weighted by Crippen LogP contribution is 2.67. The minimum atomic E-state index is -2.95. The molecule has 0 spiro atoms. The second-order valence-electron chi connectivity index (χ2n) is 7.35. The SMILES string of the molecule is CCC1SC(C(O)OC)C(=N[P+](O)(OC)C2CCC(C)CC2C)N1C. The van der Waals surface area contributed by atoms with Crippen molar-refractivity contribution in [2.45, 2.75) is 69.0 Å². The molecule has 0 aromatic rings. The number of aliphatic hydroxyl groups is 1. The number of methoxy groups -OCH3 is 1. The lowest BCUT2D eigenvalue weighted by atomic mass is 9.83. The van der Waals surface area contributed by atoms with E-state index in [9.17, 15) is 10.00 Å². The van der Waals surface area contributed by atoms with Crippen molar-refractivity contribution in [3.8, 4) is 0 Å². The third kappa shape index (κ3) is 4.50. The van der Waals surface area contributed by atoms with E-state index in [4.69, 9.17) is 14.0 Å². The third-order valence-electron chi connectivity index (χ3n) is 5.53. The molecule has 1 saturated carbocycles. The predicted molar refractivity (Wildman–Crippen MR) is 106 cm³/mol. The lowest BCUT2D eigenvalue weighted by Gasteiger charge is -2.33. The molecule has 6 nitrogen and oxygen atoms in total. The van der Waals surface area contributed by atoms with Crippen molar-refractivity contribution in [1.29, 1.82) is 0 Å². The topological polar surface area (TPSA) is 74.5 Å². The van der Waals surface area contributed by atoms with Gasteiger partial charge in [-0.3, -0.25) is 0 Å². The van der Waals surface area contributed by atoms with E-state index in [-0.39, 0.29) is 16.3 Å². The van der Waals surface area contributed by atoms with Gasteiger partial charge in [-0.2, -0.15) is 9.42 Å². The zero-order valence-electron chi connectivity index (χ0n) is 16.3. The van der Waals surface area contributed by atoms with Crippen molar-refractivity contribution in [3.05, 3.63) is 0 Å². The normalized spacial score (nSPS) is 38.8. The van der Waals surface area contributed by atoms with Crippen molar-refractivity contribution in [2.75, 3.05) is 21.3 Å². The maximum Gasteiger partial charge on any atom is 0.396 e. The summed E-state index contributed by atoms with van der Waals surface area (Å²) in [5, 5.41) is 10.2. The van der Waals surface area contributed by atoms with Gasteiger partial charge in [0.25, 0.3) is 0 Å². The molecule has 0 aromatic heterocycles. The van der Waals surface area contributed by atoms with Gasteiger partial charge in [-0.15, -0.1) is 11.8 Å². The Kier molecular flexibility index (Phi) is 7.57. The number of thioether (sulfide) groups is 1. The summed E-state index contributed by atoms with van der Waals surface area (Å²) in [4.78, 5) is 13.4. The van der Waals surface area contributed by atoms with Gasteiger partial charge in [-0.25, -0.2) is 0 Å². The summed E-state index contributed by atoms with van der Waals surface area (Å²) >= 11 is 1.63. The molecule has 0 bridgehead atoms. The van der Waals surface area contributed by atoms with Crippen LogP contribution >= 0.6 is 19.6 Å². The summed E-state index contributed by atoms with van der Waals surface area (Å²) in [6.45, 7) is 6.56. The zero-order valence-corrected chi connectivity index (χ0v) is 18.0. The van der Waals surface area contributed by atoms with Crippen LogP contribution in [0.3, 0.4) is 0 Å². The molecule has 1 heterocycles. The number of amidine groups is 1. The van der Waals surface area contributed by atoms with Crippen LogP contribution in [0.1, 0.15) is 46.5 Å². The molecule has 0 aromatic carbocycles. The number of nitrogens with zero attached hydrogens (tertiary/aromatic N) is 2. The Morgan fingerprint density at radius 1 is 1.36 bits per heavy atom.